The highest BCUT2D eigenvalue weighted by Crippen LogP contribution is 2.37. The van der Waals surface area contributed by atoms with E-state index < -0.39 is 0 Å². The van der Waals surface area contributed by atoms with Crippen molar-refractivity contribution in [1.82, 2.24) is 10.2 Å². The molecule has 2 atom stereocenters. The molecule has 2 rings (SSSR count). The molecule has 132 valence electrons. The molecule has 0 bridgehead atoms. The van der Waals surface area contributed by atoms with Crippen molar-refractivity contribution < 1.29 is 14.3 Å². The van der Waals surface area contributed by atoms with Crippen LogP contribution >= 0.6 is 0 Å². The number of nitrogens with zero attached hydrogens (tertiary/aromatic N) is 1. The minimum Gasteiger partial charge on any atom is -0.492 e. The van der Waals surface area contributed by atoms with Crippen LogP contribution in [-0.2, 0) is 9.59 Å². The van der Waals surface area contributed by atoms with Gasteiger partial charge in [0.1, 0.15) is 12.4 Å². The van der Waals surface area contributed by atoms with Crippen molar-refractivity contribution >= 4 is 11.8 Å². The lowest BCUT2D eigenvalue weighted by atomic mass is 10.1. The quantitative estimate of drug-likeness (QED) is 0.795. The molecule has 0 aliphatic heterocycles. The van der Waals surface area contributed by atoms with Gasteiger partial charge in [0.15, 0.2) is 0 Å². The summed E-state index contributed by atoms with van der Waals surface area (Å²) >= 11 is 0. The Balaban J connectivity index is 1.63. The van der Waals surface area contributed by atoms with Crippen LogP contribution in [0.15, 0.2) is 18.2 Å². The standard InChI is InChI=1S/C19H28N2O3/c1-13-9-14(2)11-16(10-13)24-8-7-21(4)18(22)5-6-20-19(23)17-12-15(17)3/h9-11,15,17H,5-8,12H2,1-4H3,(H,20,23)/t15-,17+/m0/s1. The SMILES string of the molecule is Cc1cc(C)cc(OCCN(C)C(=O)CCNC(=O)[C@@H]2C[C@@H]2C)c1. The number of benzene rings is 1. The summed E-state index contributed by atoms with van der Waals surface area (Å²) in [5.41, 5.74) is 2.32. The molecule has 1 aliphatic rings. The number of carbonyl (C=O) groups is 2. The van der Waals surface area contributed by atoms with Gasteiger partial charge >= 0.3 is 0 Å². The zero-order valence-corrected chi connectivity index (χ0v) is 15.1. The molecule has 2 amide bonds. The van der Waals surface area contributed by atoms with Crippen molar-refractivity contribution in [3.8, 4) is 5.75 Å². The van der Waals surface area contributed by atoms with E-state index in [1.54, 1.807) is 11.9 Å². The van der Waals surface area contributed by atoms with Crippen LogP contribution in [0.25, 0.3) is 0 Å². The van der Waals surface area contributed by atoms with Crippen LogP contribution in [0.1, 0.15) is 30.9 Å². The fraction of sp³-hybridized carbons (Fsp3) is 0.579. The van der Waals surface area contributed by atoms with E-state index in [0.29, 0.717) is 32.0 Å². The fourth-order valence-corrected chi connectivity index (χ4v) is 2.74. The number of rotatable bonds is 8. The number of amides is 2. The summed E-state index contributed by atoms with van der Waals surface area (Å²) in [6.07, 6.45) is 1.29. The molecule has 1 saturated carbocycles. The summed E-state index contributed by atoms with van der Waals surface area (Å²) in [6, 6.07) is 6.08. The molecule has 24 heavy (non-hydrogen) atoms. The van der Waals surface area contributed by atoms with E-state index in [1.165, 1.54) is 0 Å². The molecule has 1 N–H and O–H groups in total. The summed E-state index contributed by atoms with van der Waals surface area (Å²) in [4.78, 5) is 25.4. The predicted octanol–water partition coefficient (Wildman–Crippen LogP) is 2.30. The highest BCUT2D eigenvalue weighted by Gasteiger charge is 2.38. The second-order valence-corrected chi connectivity index (χ2v) is 6.85. The smallest absolute Gasteiger partial charge is 0.224 e. The van der Waals surface area contributed by atoms with Crippen LogP contribution in [0, 0.1) is 25.7 Å². The molecule has 5 heteroatoms. The molecular weight excluding hydrogens is 304 g/mol. The number of likely N-dealkylation sites (N-methyl/N-ethyl adjacent to an activating group) is 1. The van der Waals surface area contributed by atoms with Crippen LogP contribution < -0.4 is 10.1 Å². The van der Waals surface area contributed by atoms with Crippen molar-refractivity contribution in [2.45, 2.75) is 33.6 Å². The summed E-state index contributed by atoms with van der Waals surface area (Å²) in [7, 11) is 1.76. The second kappa shape index (κ2) is 8.18. The molecule has 1 aromatic rings. The highest BCUT2D eigenvalue weighted by molar-refractivity contribution is 5.82. The van der Waals surface area contributed by atoms with Crippen molar-refractivity contribution in [3.05, 3.63) is 29.3 Å². The van der Waals surface area contributed by atoms with E-state index in [4.69, 9.17) is 4.74 Å². The molecule has 0 unspecified atom stereocenters. The topological polar surface area (TPSA) is 58.6 Å². The van der Waals surface area contributed by atoms with Gasteiger partial charge in [-0.25, -0.2) is 0 Å². The Labute approximate surface area is 144 Å². The minimum absolute atomic E-state index is 0.0168. The molecular formula is C19H28N2O3. The monoisotopic (exact) mass is 332 g/mol. The number of ether oxygens (including phenoxy) is 1. The Bertz CT molecular complexity index is 580. The minimum atomic E-state index is 0.0168. The van der Waals surface area contributed by atoms with E-state index in [-0.39, 0.29) is 17.7 Å². The fourth-order valence-electron chi connectivity index (χ4n) is 2.74. The number of hydrogen-bond donors (Lipinski definition) is 1. The Morgan fingerprint density at radius 3 is 2.46 bits per heavy atom. The van der Waals surface area contributed by atoms with E-state index in [9.17, 15) is 9.59 Å². The van der Waals surface area contributed by atoms with Crippen LogP contribution in [0.3, 0.4) is 0 Å². The van der Waals surface area contributed by atoms with Crippen LogP contribution in [0.4, 0.5) is 0 Å². The average molecular weight is 332 g/mol. The van der Waals surface area contributed by atoms with E-state index in [1.807, 2.05) is 26.0 Å². The molecule has 0 saturated heterocycles. The second-order valence-electron chi connectivity index (χ2n) is 6.85. The zero-order chi connectivity index (χ0) is 17.7. The number of hydrogen-bond acceptors (Lipinski definition) is 3. The van der Waals surface area contributed by atoms with Crippen molar-refractivity contribution in [2.75, 3.05) is 26.7 Å². The molecule has 1 aromatic carbocycles. The van der Waals surface area contributed by atoms with Gasteiger partial charge in [-0.15, -0.1) is 0 Å². The Hall–Kier alpha value is -2.04. The van der Waals surface area contributed by atoms with E-state index >= 15 is 0 Å². The van der Waals surface area contributed by atoms with Crippen molar-refractivity contribution in [2.24, 2.45) is 11.8 Å². The number of aryl methyl sites for hydroxylation is 2. The van der Waals surface area contributed by atoms with Gasteiger partial charge in [-0.3, -0.25) is 9.59 Å². The van der Waals surface area contributed by atoms with Crippen LogP contribution in [0.2, 0.25) is 0 Å². The largest absolute Gasteiger partial charge is 0.492 e. The molecule has 0 spiro atoms. The van der Waals surface area contributed by atoms with Gasteiger partial charge in [0, 0.05) is 25.9 Å². The van der Waals surface area contributed by atoms with Crippen molar-refractivity contribution in [1.29, 1.82) is 0 Å². The molecule has 1 fully saturated rings. The van der Waals surface area contributed by atoms with E-state index in [2.05, 4.69) is 18.3 Å². The highest BCUT2D eigenvalue weighted by atomic mass is 16.5. The van der Waals surface area contributed by atoms with E-state index in [0.717, 1.165) is 23.3 Å². The van der Waals surface area contributed by atoms with Crippen LogP contribution in [0.5, 0.6) is 5.75 Å². The summed E-state index contributed by atoms with van der Waals surface area (Å²) in [5, 5.41) is 2.84. The number of carbonyl (C=O) groups excluding carboxylic acids is 2. The first-order valence-corrected chi connectivity index (χ1v) is 8.59. The number of nitrogens with one attached hydrogen (secondary N) is 1. The maximum atomic E-state index is 12.0. The third-order valence-corrected chi connectivity index (χ3v) is 4.40. The lowest BCUT2D eigenvalue weighted by Gasteiger charge is -2.18. The summed E-state index contributed by atoms with van der Waals surface area (Å²) < 4.78 is 5.72. The Morgan fingerprint density at radius 1 is 1.25 bits per heavy atom. The van der Waals surface area contributed by atoms with Crippen LogP contribution in [-0.4, -0.2) is 43.5 Å². The summed E-state index contributed by atoms with van der Waals surface area (Å²) in [5.74, 6) is 1.58. The Kier molecular flexibility index (Phi) is 6.23. The molecule has 1 aliphatic carbocycles. The van der Waals surface area contributed by atoms with Gasteiger partial charge in [-0.05, 0) is 49.4 Å². The van der Waals surface area contributed by atoms with Gasteiger partial charge in [0.05, 0.1) is 6.54 Å². The first-order chi connectivity index (χ1) is 11.4. The van der Waals surface area contributed by atoms with Gasteiger partial charge < -0.3 is 15.0 Å². The van der Waals surface area contributed by atoms with Gasteiger partial charge in [-0.2, -0.15) is 0 Å². The molecule has 5 nitrogen and oxygen atoms in total. The first kappa shape index (κ1) is 18.3. The van der Waals surface area contributed by atoms with Gasteiger partial charge in [-0.1, -0.05) is 13.0 Å². The Morgan fingerprint density at radius 2 is 1.88 bits per heavy atom. The third-order valence-electron chi connectivity index (χ3n) is 4.40. The molecule has 0 aromatic heterocycles. The lowest BCUT2D eigenvalue weighted by Crippen LogP contribution is -2.34. The zero-order valence-electron chi connectivity index (χ0n) is 15.1. The lowest BCUT2D eigenvalue weighted by molar-refractivity contribution is -0.130. The maximum Gasteiger partial charge on any atom is 0.224 e. The average Bonchev–Trinajstić information content (AvgIpc) is 3.23. The third kappa shape index (κ3) is 5.55. The maximum absolute atomic E-state index is 12.0. The van der Waals surface area contributed by atoms with Gasteiger partial charge in [0.25, 0.3) is 0 Å². The first-order valence-electron chi connectivity index (χ1n) is 8.59. The van der Waals surface area contributed by atoms with Crippen molar-refractivity contribution in [3.63, 3.8) is 0 Å². The summed E-state index contributed by atoms with van der Waals surface area (Å²) in [6.45, 7) is 7.52. The van der Waals surface area contributed by atoms with Gasteiger partial charge in [0.2, 0.25) is 11.8 Å². The normalized spacial score (nSPS) is 18.8. The predicted molar refractivity (Wildman–Crippen MR) is 93.9 cm³/mol. The molecule has 0 heterocycles. The molecule has 0 radical (unpaired) electrons.